The van der Waals surface area contributed by atoms with Gasteiger partial charge in [-0.2, -0.15) is 14.4 Å². The van der Waals surface area contributed by atoms with Gasteiger partial charge in [0, 0.05) is 11.8 Å². The first-order valence-corrected chi connectivity index (χ1v) is 13.3. The van der Waals surface area contributed by atoms with E-state index in [0.717, 1.165) is 28.0 Å². The van der Waals surface area contributed by atoms with Crippen LogP contribution >= 0.6 is 0 Å². The van der Waals surface area contributed by atoms with Crippen molar-refractivity contribution in [3.05, 3.63) is 126 Å². The Morgan fingerprint density at radius 3 is 2.15 bits per heavy atom. The van der Waals surface area contributed by atoms with Crippen molar-refractivity contribution in [3.8, 4) is 5.75 Å². The van der Waals surface area contributed by atoms with Crippen molar-refractivity contribution in [1.29, 1.82) is 0 Å². The molecule has 208 valence electrons. The third-order valence-corrected chi connectivity index (χ3v) is 8.05. The van der Waals surface area contributed by atoms with Crippen LogP contribution in [0.4, 0.5) is 10.2 Å². The van der Waals surface area contributed by atoms with Gasteiger partial charge in [0.15, 0.2) is 11.5 Å². The number of ether oxygens (including phenoxy) is 2. The summed E-state index contributed by atoms with van der Waals surface area (Å²) in [4.78, 5) is 11.9. The van der Waals surface area contributed by atoms with E-state index >= 15 is 0 Å². The molecule has 5 aromatic rings. The van der Waals surface area contributed by atoms with Crippen LogP contribution in [0.2, 0.25) is 0 Å². The summed E-state index contributed by atoms with van der Waals surface area (Å²) in [6.45, 7) is 4.38. The minimum Gasteiger partial charge on any atom is -0.497 e. The molecule has 0 spiro atoms. The summed E-state index contributed by atoms with van der Waals surface area (Å²) in [6.07, 6.45) is 0.635. The Morgan fingerprint density at radius 2 is 1.56 bits per heavy atom. The number of halogens is 1. The lowest BCUT2D eigenvalue weighted by Crippen LogP contribution is -2.47. The molecule has 1 aliphatic rings. The second-order valence-corrected chi connectivity index (χ2v) is 10.1. The molecule has 0 bridgehead atoms. The van der Waals surface area contributed by atoms with Crippen LogP contribution in [0.3, 0.4) is 0 Å². The number of hydrogen-bond donors (Lipinski definition) is 2. The number of aromatic nitrogens is 4. The van der Waals surface area contributed by atoms with E-state index in [9.17, 15) is 9.50 Å². The molecule has 6 rings (SSSR count). The zero-order valence-corrected chi connectivity index (χ0v) is 22.5. The molecule has 3 N–H and O–H groups in total. The van der Waals surface area contributed by atoms with Gasteiger partial charge in [0.2, 0.25) is 0 Å². The van der Waals surface area contributed by atoms with Gasteiger partial charge in [-0.05, 0) is 34.4 Å². The summed E-state index contributed by atoms with van der Waals surface area (Å²) in [5, 5.41) is 10.3. The van der Waals surface area contributed by atoms with Crippen LogP contribution in [0.15, 0.2) is 103 Å². The summed E-state index contributed by atoms with van der Waals surface area (Å²) in [6, 6.07) is 27.6. The summed E-state index contributed by atoms with van der Waals surface area (Å²) in [7, 11) is 1.63. The van der Waals surface area contributed by atoms with Gasteiger partial charge in [0.25, 0.3) is 0 Å². The van der Waals surface area contributed by atoms with Crippen LogP contribution in [0, 0.1) is 17.9 Å². The van der Waals surface area contributed by atoms with E-state index in [4.69, 9.17) is 15.2 Å². The van der Waals surface area contributed by atoms with Crippen molar-refractivity contribution >= 4 is 17.0 Å². The van der Waals surface area contributed by atoms with Crippen molar-refractivity contribution in [2.45, 2.75) is 11.6 Å². The van der Waals surface area contributed by atoms with Crippen LogP contribution in [0.1, 0.15) is 22.7 Å². The Labute approximate surface area is 236 Å². The standard InChI is InChI=1S/C32H30FN5O3/c1-20-25(17-39)26(28(20)38-19-35-27-29(34)36-31(33)37-30(27)38)18-41-32(21-9-5-3-6-10-21,22-11-7-4-8-12-22)23-13-15-24(40-2)16-14-23/h3-16,19,25-26,28,39H,1,17-18H2,2H3,(H2,34,36,37)/t25-,26+,28+/m0/s1. The van der Waals surface area contributed by atoms with E-state index in [1.807, 2.05) is 84.9 Å². The lowest BCUT2D eigenvalue weighted by molar-refractivity contribution is -0.0502. The van der Waals surface area contributed by atoms with Crippen molar-refractivity contribution in [2.24, 2.45) is 11.8 Å². The zero-order valence-electron chi connectivity index (χ0n) is 22.5. The van der Waals surface area contributed by atoms with Gasteiger partial charge >= 0.3 is 6.08 Å². The monoisotopic (exact) mass is 551 g/mol. The van der Waals surface area contributed by atoms with Crippen LogP contribution in [0.5, 0.6) is 5.75 Å². The zero-order chi connectivity index (χ0) is 28.6. The number of anilines is 1. The molecule has 9 heteroatoms. The van der Waals surface area contributed by atoms with Crippen molar-refractivity contribution < 1.29 is 19.0 Å². The Balaban J connectivity index is 1.45. The maximum absolute atomic E-state index is 14.2. The number of hydrogen-bond acceptors (Lipinski definition) is 7. The molecule has 8 nitrogen and oxygen atoms in total. The molecule has 0 unspecified atom stereocenters. The molecule has 3 aromatic carbocycles. The van der Waals surface area contributed by atoms with Gasteiger partial charge in [0.1, 0.15) is 16.9 Å². The molecule has 2 aromatic heterocycles. The quantitative estimate of drug-likeness (QED) is 0.152. The summed E-state index contributed by atoms with van der Waals surface area (Å²) < 4.78 is 28.4. The second-order valence-electron chi connectivity index (χ2n) is 10.1. The van der Waals surface area contributed by atoms with E-state index in [1.165, 1.54) is 0 Å². The maximum Gasteiger partial charge on any atom is 0.312 e. The topological polar surface area (TPSA) is 108 Å². The number of benzene rings is 3. The van der Waals surface area contributed by atoms with E-state index in [0.29, 0.717) is 5.52 Å². The normalized spacial score (nSPS) is 18.8. The van der Waals surface area contributed by atoms with Crippen molar-refractivity contribution in [2.75, 3.05) is 26.1 Å². The highest BCUT2D eigenvalue weighted by Gasteiger charge is 2.48. The fourth-order valence-corrected chi connectivity index (χ4v) is 5.97. The third-order valence-electron chi connectivity index (χ3n) is 8.05. The average Bonchev–Trinajstić information content (AvgIpc) is 3.41. The Morgan fingerprint density at radius 1 is 0.951 bits per heavy atom. The molecule has 0 saturated heterocycles. The number of imidazole rings is 1. The van der Waals surface area contributed by atoms with Gasteiger partial charge in [-0.3, -0.25) is 0 Å². The molecule has 0 amide bonds. The number of nitrogens with two attached hydrogens (primary N) is 1. The molecule has 2 heterocycles. The Kier molecular flexibility index (Phi) is 6.98. The summed E-state index contributed by atoms with van der Waals surface area (Å²) in [5.74, 6) is 0.255. The minimum absolute atomic E-state index is 0.0330. The van der Waals surface area contributed by atoms with Crippen molar-refractivity contribution in [1.82, 2.24) is 19.5 Å². The minimum atomic E-state index is -0.980. The number of fused-ring (bicyclic) bond motifs is 1. The van der Waals surface area contributed by atoms with Gasteiger partial charge in [-0.1, -0.05) is 79.4 Å². The number of rotatable bonds is 9. The first-order valence-electron chi connectivity index (χ1n) is 13.3. The smallest absolute Gasteiger partial charge is 0.312 e. The fourth-order valence-electron chi connectivity index (χ4n) is 5.97. The van der Waals surface area contributed by atoms with Crippen LogP contribution in [-0.4, -0.2) is 44.9 Å². The molecule has 1 fully saturated rings. The lowest BCUT2D eigenvalue weighted by atomic mass is 9.66. The third kappa shape index (κ3) is 4.43. The Hall–Kier alpha value is -4.60. The van der Waals surface area contributed by atoms with Crippen LogP contribution < -0.4 is 10.5 Å². The van der Waals surface area contributed by atoms with Gasteiger partial charge in [-0.15, -0.1) is 0 Å². The van der Waals surface area contributed by atoms with Gasteiger partial charge < -0.3 is 24.9 Å². The second kappa shape index (κ2) is 10.8. The number of aliphatic hydroxyl groups excluding tert-OH is 1. The number of aliphatic hydroxyl groups is 1. The molecular weight excluding hydrogens is 521 g/mol. The predicted octanol–water partition coefficient (Wildman–Crippen LogP) is 4.90. The largest absolute Gasteiger partial charge is 0.497 e. The number of nitrogen functional groups attached to an aromatic ring is 1. The SMILES string of the molecule is C=C1[C@@H](n2cnc3c(N)nc(F)nc32)[C@H](COC(c2ccccc2)(c2ccccc2)c2ccc(OC)cc2)[C@H]1CO. The first-order chi connectivity index (χ1) is 20.0. The van der Waals surface area contributed by atoms with E-state index in [-0.39, 0.29) is 42.6 Å². The summed E-state index contributed by atoms with van der Waals surface area (Å²) >= 11 is 0. The molecule has 1 aliphatic carbocycles. The molecule has 41 heavy (non-hydrogen) atoms. The molecule has 3 atom stereocenters. The van der Waals surface area contributed by atoms with Gasteiger partial charge in [-0.25, -0.2) is 4.98 Å². The van der Waals surface area contributed by atoms with E-state index in [1.54, 1.807) is 18.0 Å². The number of nitrogens with zero attached hydrogens (tertiary/aromatic N) is 4. The molecule has 1 saturated carbocycles. The molecular formula is C32H30FN5O3. The number of methoxy groups -OCH3 is 1. The Bertz CT molecular complexity index is 1640. The van der Waals surface area contributed by atoms with Crippen LogP contribution in [-0.2, 0) is 10.3 Å². The maximum atomic E-state index is 14.2. The highest BCUT2D eigenvalue weighted by molar-refractivity contribution is 5.81. The lowest BCUT2D eigenvalue weighted by Gasteiger charge is -2.48. The fraction of sp³-hybridized carbons (Fsp3) is 0.219. The highest BCUT2D eigenvalue weighted by Crippen LogP contribution is 2.51. The van der Waals surface area contributed by atoms with E-state index in [2.05, 4.69) is 21.5 Å². The first kappa shape index (κ1) is 26.6. The van der Waals surface area contributed by atoms with Crippen LogP contribution in [0.25, 0.3) is 11.2 Å². The summed E-state index contributed by atoms with van der Waals surface area (Å²) in [5.41, 5.74) is 9.12. The predicted molar refractivity (Wildman–Crippen MR) is 154 cm³/mol. The van der Waals surface area contributed by atoms with E-state index < -0.39 is 11.7 Å². The highest BCUT2D eigenvalue weighted by atomic mass is 19.1. The molecule has 0 aliphatic heterocycles. The van der Waals surface area contributed by atoms with Crippen molar-refractivity contribution in [3.63, 3.8) is 0 Å². The molecule has 0 radical (unpaired) electrons. The van der Waals surface area contributed by atoms with Gasteiger partial charge in [0.05, 0.1) is 32.7 Å². The average molecular weight is 552 g/mol.